The van der Waals surface area contributed by atoms with Crippen LogP contribution in [0.3, 0.4) is 0 Å². The number of hydrogen-bond acceptors (Lipinski definition) is 2. The van der Waals surface area contributed by atoms with Crippen LogP contribution in [0.1, 0.15) is 16.1 Å². The molecule has 5 heteroatoms. The van der Waals surface area contributed by atoms with Gasteiger partial charge in [0, 0.05) is 12.1 Å². The van der Waals surface area contributed by atoms with Gasteiger partial charge in [0.1, 0.15) is 0 Å². The van der Waals surface area contributed by atoms with Crippen LogP contribution in [0, 0.1) is 63.7 Å². The monoisotopic (exact) mass is 372 g/mol. The molecule has 4 nitrogen and oxygen atoms in total. The maximum atomic E-state index is 10.8. The molecule has 2 aliphatic carbocycles. The van der Waals surface area contributed by atoms with Crippen molar-refractivity contribution in [3.63, 3.8) is 0 Å². The van der Waals surface area contributed by atoms with Gasteiger partial charge in [-0.25, -0.2) is 9.48 Å². The number of rotatable bonds is 3. The van der Waals surface area contributed by atoms with Gasteiger partial charge < -0.3 is 5.11 Å². The Balaban J connectivity index is 0.000000325. The smallest absolute Gasteiger partial charge is 0.478 e. The average Bonchev–Trinajstić information content (AvgIpc) is 3.38. The summed E-state index contributed by atoms with van der Waals surface area (Å²) < 4.78 is 1.79. The van der Waals surface area contributed by atoms with Crippen LogP contribution < -0.4 is 0 Å². The molecule has 0 unspecified atom stereocenters. The zero-order valence-electron chi connectivity index (χ0n) is 13.3. The molecule has 2 aromatic rings. The molecule has 1 heterocycles. The van der Waals surface area contributed by atoms with Gasteiger partial charge >= 0.3 is 23.0 Å². The molecule has 4 rings (SSSR count). The molecule has 0 atom stereocenters. The largest absolute Gasteiger partial charge is 2.00 e. The summed E-state index contributed by atoms with van der Waals surface area (Å²) in [5.41, 5.74) is 2.09. The number of carboxylic acids is 1. The van der Waals surface area contributed by atoms with E-state index in [0.29, 0.717) is 0 Å². The number of benzene rings is 1. The summed E-state index contributed by atoms with van der Waals surface area (Å²) in [7, 11) is 0. The summed E-state index contributed by atoms with van der Waals surface area (Å²) in [4.78, 5) is 10.8. The van der Waals surface area contributed by atoms with E-state index in [1.54, 1.807) is 35.1 Å². The van der Waals surface area contributed by atoms with Crippen molar-refractivity contribution in [2.75, 3.05) is 0 Å². The molecule has 1 aromatic heterocycles. The quantitative estimate of drug-likeness (QED) is 0.841. The SMILES string of the molecule is O=C(O)c1ccc(-n2nccc2[C]2[CH][CH][CH][CH]2)cc1.[CH]1[CH][CH][CH][CH]1.[Fe+2]. The molecule has 0 amide bonds. The third-order valence-electron chi connectivity index (χ3n) is 3.52. The molecule has 2 aliphatic rings. The van der Waals surface area contributed by atoms with Crippen LogP contribution in [-0.2, 0) is 17.1 Å². The summed E-state index contributed by atoms with van der Waals surface area (Å²) in [5, 5.41) is 13.2. The van der Waals surface area contributed by atoms with E-state index < -0.39 is 5.97 Å². The number of nitrogens with zero attached hydrogens (tertiary/aromatic N) is 2. The first-order chi connectivity index (χ1) is 11.8. The predicted molar refractivity (Wildman–Crippen MR) is 91.6 cm³/mol. The van der Waals surface area contributed by atoms with E-state index in [9.17, 15) is 4.79 Å². The van der Waals surface area contributed by atoms with Gasteiger partial charge in [-0.3, -0.25) is 0 Å². The number of carboxylic acid groups (broad SMARTS) is 1. The van der Waals surface area contributed by atoms with Gasteiger partial charge in [0.05, 0.1) is 16.9 Å². The van der Waals surface area contributed by atoms with Crippen molar-refractivity contribution in [3.8, 4) is 5.69 Å². The second-order valence-corrected chi connectivity index (χ2v) is 5.12. The topological polar surface area (TPSA) is 55.1 Å². The van der Waals surface area contributed by atoms with Crippen LogP contribution in [-0.4, -0.2) is 20.9 Å². The first-order valence-electron chi connectivity index (χ1n) is 7.52. The second kappa shape index (κ2) is 9.79. The minimum Gasteiger partial charge on any atom is -0.478 e. The molecule has 2 fully saturated rings. The number of carbonyl (C=O) groups is 1. The van der Waals surface area contributed by atoms with E-state index >= 15 is 0 Å². The van der Waals surface area contributed by atoms with Crippen LogP contribution in [0.5, 0.6) is 0 Å². The Morgan fingerprint density at radius 1 is 0.840 bits per heavy atom. The molecule has 0 aliphatic heterocycles. The Kier molecular flexibility index (Phi) is 7.73. The Hall–Kier alpha value is -1.58. The molecule has 2 saturated carbocycles. The van der Waals surface area contributed by atoms with Crippen LogP contribution in [0.4, 0.5) is 0 Å². The first kappa shape index (κ1) is 19.7. The molecule has 0 bridgehead atoms. The second-order valence-electron chi connectivity index (χ2n) is 5.12. The Labute approximate surface area is 160 Å². The van der Waals surface area contributed by atoms with Gasteiger partial charge in [0.25, 0.3) is 0 Å². The number of hydrogen-bond donors (Lipinski definition) is 1. The summed E-state index contributed by atoms with van der Waals surface area (Å²) >= 11 is 0. The van der Waals surface area contributed by atoms with Crippen LogP contribution in [0.2, 0.25) is 0 Å². The summed E-state index contributed by atoms with van der Waals surface area (Å²) in [6.45, 7) is 0. The Bertz CT molecular complexity index is 649. The van der Waals surface area contributed by atoms with Gasteiger partial charge in [-0.2, -0.15) is 5.10 Å². The molecule has 0 saturated heterocycles. The number of aromatic carboxylic acids is 1. The van der Waals surface area contributed by atoms with Crippen LogP contribution in [0.15, 0.2) is 36.5 Å². The molecular formula is C20H16FeN2O2+2. The van der Waals surface area contributed by atoms with Gasteiger partial charge in [0.2, 0.25) is 0 Å². The van der Waals surface area contributed by atoms with Gasteiger partial charge in [-0.15, -0.1) is 0 Å². The summed E-state index contributed by atoms with van der Waals surface area (Å²) in [6.07, 6.45) is 19.7. The Morgan fingerprint density at radius 2 is 1.40 bits per heavy atom. The molecule has 25 heavy (non-hydrogen) atoms. The van der Waals surface area contributed by atoms with Crippen molar-refractivity contribution < 1.29 is 27.0 Å². The zero-order valence-corrected chi connectivity index (χ0v) is 14.4. The summed E-state index contributed by atoms with van der Waals surface area (Å²) in [6, 6.07) is 8.59. The van der Waals surface area contributed by atoms with Gasteiger partial charge in [-0.05, 0) is 88.1 Å². The van der Waals surface area contributed by atoms with Crippen LogP contribution >= 0.6 is 0 Å². The fourth-order valence-corrected chi connectivity index (χ4v) is 2.34. The van der Waals surface area contributed by atoms with E-state index in [-0.39, 0.29) is 22.6 Å². The molecule has 1 aromatic carbocycles. The molecular weight excluding hydrogens is 356 g/mol. The van der Waals surface area contributed by atoms with Crippen molar-refractivity contribution >= 4 is 5.97 Å². The normalized spacial score (nSPS) is 16.8. The van der Waals surface area contributed by atoms with E-state index in [1.165, 1.54) is 0 Å². The van der Waals surface area contributed by atoms with E-state index in [0.717, 1.165) is 17.3 Å². The third-order valence-corrected chi connectivity index (χ3v) is 3.52. The zero-order chi connectivity index (χ0) is 16.8. The van der Waals surface area contributed by atoms with Crippen molar-refractivity contribution in [1.29, 1.82) is 0 Å². The fraction of sp³-hybridized carbons (Fsp3) is 0. The minimum atomic E-state index is -0.928. The predicted octanol–water partition coefficient (Wildman–Crippen LogP) is 3.34. The minimum absolute atomic E-state index is 0. The van der Waals surface area contributed by atoms with Crippen molar-refractivity contribution in [3.05, 3.63) is 111 Å². The van der Waals surface area contributed by atoms with E-state index in [4.69, 9.17) is 5.11 Å². The molecule has 0 spiro atoms. The standard InChI is InChI=1S/C15H11N2O2.C5H5.Fe/c18-15(19)12-5-7-13(8-6-12)17-14(9-10-16-17)11-3-1-2-4-11;1-2-4-5-3-1;/h1-10H,(H,18,19);1-5H;/q;;+2. The third kappa shape index (κ3) is 5.19. The van der Waals surface area contributed by atoms with Crippen molar-refractivity contribution in [2.45, 2.75) is 0 Å². The Morgan fingerprint density at radius 3 is 1.92 bits per heavy atom. The number of aromatic nitrogens is 2. The van der Waals surface area contributed by atoms with Crippen molar-refractivity contribution in [2.24, 2.45) is 0 Å². The molecule has 10 radical (unpaired) electrons. The molecule has 124 valence electrons. The van der Waals surface area contributed by atoms with Crippen LogP contribution in [0.25, 0.3) is 5.69 Å². The average molecular weight is 372 g/mol. The van der Waals surface area contributed by atoms with Gasteiger partial charge in [-0.1, -0.05) is 0 Å². The van der Waals surface area contributed by atoms with Gasteiger partial charge in [0.15, 0.2) is 0 Å². The molecule has 1 N–H and O–H groups in total. The maximum Gasteiger partial charge on any atom is 2.00 e. The maximum absolute atomic E-state index is 10.8. The van der Waals surface area contributed by atoms with E-state index in [2.05, 4.69) is 5.10 Å². The van der Waals surface area contributed by atoms with E-state index in [1.807, 2.05) is 63.9 Å². The fourth-order valence-electron chi connectivity index (χ4n) is 2.34. The van der Waals surface area contributed by atoms with Crippen molar-refractivity contribution in [1.82, 2.24) is 9.78 Å². The summed E-state index contributed by atoms with van der Waals surface area (Å²) in [5.74, 6) is 0.156. The first-order valence-corrected chi connectivity index (χ1v) is 7.52.